The Morgan fingerprint density at radius 2 is 1.91 bits per heavy atom. The van der Waals surface area contributed by atoms with Gasteiger partial charge in [-0.15, -0.1) is 11.3 Å². The predicted octanol–water partition coefficient (Wildman–Crippen LogP) is 4.73. The van der Waals surface area contributed by atoms with Gasteiger partial charge < -0.3 is 9.64 Å². The van der Waals surface area contributed by atoms with E-state index in [9.17, 15) is 27.2 Å². The number of aldehydes is 1. The van der Waals surface area contributed by atoms with Gasteiger partial charge in [-0.2, -0.15) is 13.2 Å². The molecule has 0 fully saturated rings. The number of benzene rings is 2. The molecule has 32 heavy (non-hydrogen) atoms. The Labute approximate surface area is 182 Å². The fourth-order valence-electron chi connectivity index (χ4n) is 2.95. The number of hydrogen-bond acceptors (Lipinski definition) is 6. The summed E-state index contributed by atoms with van der Waals surface area (Å²) < 4.78 is 58.2. The van der Waals surface area contributed by atoms with Gasteiger partial charge in [0.05, 0.1) is 22.5 Å². The van der Waals surface area contributed by atoms with Gasteiger partial charge >= 0.3 is 6.18 Å². The van der Waals surface area contributed by atoms with Crippen LogP contribution in [0, 0.1) is 5.82 Å². The van der Waals surface area contributed by atoms with Crippen molar-refractivity contribution < 1.29 is 31.9 Å². The van der Waals surface area contributed by atoms with Crippen molar-refractivity contribution in [2.24, 2.45) is 4.99 Å². The van der Waals surface area contributed by atoms with Gasteiger partial charge in [0.2, 0.25) is 0 Å². The van der Waals surface area contributed by atoms with Gasteiger partial charge in [-0.25, -0.2) is 14.4 Å². The fraction of sp³-hybridized carbons (Fsp3) is 0.143. The Kier molecular flexibility index (Phi) is 5.74. The predicted molar refractivity (Wildman–Crippen MR) is 110 cm³/mol. The molecule has 11 heteroatoms. The van der Waals surface area contributed by atoms with E-state index in [-0.39, 0.29) is 36.2 Å². The molecule has 0 bridgehead atoms. The van der Waals surface area contributed by atoms with E-state index >= 15 is 0 Å². The molecule has 0 atom stereocenters. The third-order valence-electron chi connectivity index (χ3n) is 4.54. The SMILES string of the molecule is O=Cc1nc(-c2ccc(C(F)(F)F)cc2)sc1COc1ccc(N2C=NC(=O)C2)c(F)c1. The van der Waals surface area contributed by atoms with Crippen LogP contribution >= 0.6 is 11.3 Å². The molecule has 0 unspecified atom stereocenters. The maximum absolute atomic E-state index is 14.4. The Hall–Kier alpha value is -3.60. The summed E-state index contributed by atoms with van der Waals surface area (Å²) in [5, 5.41) is 0.360. The average molecular weight is 463 g/mol. The molecule has 0 saturated heterocycles. The van der Waals surface area contributed by atoms with Crippen LogP contribution in [0.3, 0.4) is 0 Å². The van der Waals surface area contributed by atoms with E-state index in [1.165, 1.54) is 35.5 Å². The summed E-state index contributed by atoms with van der Waals surface area (Å²) in [5.74, 6) is -0.802. The van der Waals surface area contributed by atoms with Gasteiger partial charge in [0, 0.05) is 11.6 Å². The Balaban J connectivity index is 1.49. The van der Waals surface area contributed by atoms with Crippen LogP contribution < -0.4 is 9.64 Å². The molecule has 164 valence electrons. The van der Waals surface area contributed by atoms with E-state index in [1.54, 1.807) is 0 Å². The maximum Gasteiger partial charge on any atom is 0.416 e. The lowest BCUT2D eigenvalue weighted by Crippen LogP contribution is -2.21. The molecule has 2 aromatic carbocycles. The molecular formula is C21H13F4N3O3S. The molecule has 1 aromatic heterocycles. The van der Waals surface area contributed by atoms with Crippen LogP contribution in [-0.4, -0.2) is 30.1 Å². The highest BCUT2D eigenvalue weighted by atomic mass is 32.1. The van der Waals surface area contributed by atoms with Gasteiger partial charge in [0.1, 0.15) is 29.6 Å². The molecule has 6 nitrogen and oxygen atoms in total. The summed E-state index contributed by atoms with van der Waals surface area (Å²) >= 11 is 1.09. The second-order valence-corrected chi connectivity index (χ2v) is 7.77. The molecule has 0 spiro atoms. The monoisotopic (exact) mass is 463 g/mol. The number of amides is 1. The zero-order valence-electron chi connectivity index (χ0n) is 16.1. The normalized spacial score (nSPS) is 13.6. The van der Waals surface area contributed by atoms with Crippen molar-refractivity contribution in [3.63, 3.8) is 0 Å². The van der Waals surface area contributed by atoms with Gasteiger partial charge in [-0.1, -0.05) is 12.1 Å². The smallest absolute Gasteiger partial charge is 0.416 e. The van der Waals surface area contributed by atoms with Crippen molar-refractivity contribution in [2.45, 2.75) is 12.8 Å². The topological polar surface area (TPSA) is 71.9 Å². The minimum Gasteiger partial charge on any atom is -0.488 e. The number of carbonyl (C=O) groups excluding carboxylic acids is 2. The highest BCUT2D eigenvalue weighted by Gasteiger charge is 2.30. The largest absolute Gasteiger partial charge is 0.488 e. The van der Waals surface area contributed by atoms with E-state index in [1.807, 2.05) is 0 Å². The number of anilines is 1. The summed E-state index contributed by atoms with van der Waals surface area (Å²) in [6, 6.07) is 8.53. The number of alkyl halides is 3. The van der Waals surface area contributed by atoms with Gasteiger partial charge in [-0.3, -0.25) is 9.59 Å². The standard InChI is InChI=1S/C21H13F4N3O3S/c22-15-7-14(5-6-17(15)28-8-19(30)26-11-28)31-10-18-16(9-29)27-20(32-18)12-1-3-13(4-2-12)21(23,24)25/h1-7,9,11H,8,10H2. The second-order valence-electron chi connectivity index (χ2n) is 6.69. The number of carbonyl (C=O) groups is 2. The highest BCUT2D eigenvalue weighted by molar-refractivity contribution is 7.15. The molecule has 0 radical (unpaired) electrons. The highest BCUT2D eigenvalue weighted by Crippen LogP contribution is 2.33. The van der Waals surface area contributed by atoms with Crippen molar-refractivity contribution in [2.75, 3.05) is 11.4 Å². The van der Waals surface area contributed by atoms with Crippen LogP contribution in [0.2, 0.25) is 0 Å². The third-order valence-corrected chi connectivity index (χ3v) is 5.64. The molecule has 0 aliphatic carbocycles. The summed E-state index contributed by atoms with van der Waals surface area (Å²) in [6.45, 7) is -0.137. The van der Waals surface area contributed by atoms with Crippen LogP contribution in [0.1, 0.15) is 20.9 Å². The van der Waals surface area contributed by atoms with Crippen LogP contribution in [0.25, 0.3) is 10.6 Å². The van der Waals surface area contributed by atoms with E-state index in [0.29, 0.717) is 21.7 Å². The summed E-state index contributed by atoms with van der Waals surface area (Å²) in [5.41, 5.74) is -0.0988. The molecule has 0 N–H and O–H groups in total. The Bertz CT molecular complexity index is 1210. The lowest BCUT2D eigenvalue weighted by molar-refractivity contribution is -0.137. The number of rotatable bonds is 6. The fourth-order valence-corrected chi connectivity index (χ4v) is 3.90. The van der Waals surface area contributed by atoms with E-state index in [4.69, 9.17) is 4.74 Å². The van der Waals surface area contributed by atoms with Crippen molar-refractivity contribution in [1.82, 2.24) is 4.98 Å². The number of ether oxygens (including phenoxy) is 1. The lowest BCUT2D eigenvalue weighted by Gasteiger charge is -2.14. The number of aliphatic imine (C=N–C) groups is 1. The Morgan fingerprint density at radius 3 is 2.50 bits per heavy atom. The number of thiazole rings is 1. The molecule has 1 amide bonds. The van der Waals surface area contributed by atoms with Gasteiger partial charge in [-0.05, 0) is 24.3 Å². The molecule has 3 aromatic rings. The summed E-state index contributed by atoms with van der Waals surface area (Å²) in [7, 11) is 0. The van der Waals surface area contributed by atoms with Crippen molar-refractivity contribution in [1.29, 1.82) is 0 Å². The molecule has 0 saturated carbocycles. The van der Waals surface area contributed by atoms with Crippen molar-refractivity contribution >= 4 is 35.6 Å². The molecule has 1 aliphatic rings. The third kappa shape index (κ3) is 4.52. The number of aromatic nitrogens is 1. The summed E-state index contributed by atoms with van der Waals surface area (Å²) in [6.07, 6.45) is -2.68. The first-order valence-electron chi connectivity index (χ1n) is 9.13. The zero-order valence-corrected chi connectivity index (χ0v) is 16.9. The van der Waals surface area contributed by atoms with Crippen LogP contribution in [0.5, 0.6) is 5.75 Å². The number of halogens is 4. The van der Waals surface area contributed by atoms with Crippen molar-refractivity contribution in [3.8, 4) is 16.3 Å². The van der Waals surface area contributed by atoms with Crippen LogP contribution in [-0.2, 0) is 17.6 Å². The quantitative estimate of drug-likeness (QED) is 0.390. The van der Waals surface area contributed by atoms with E-state index in [2.05, 4.69) is 9.98 Å². The number of nitrogens with zero attached hydrogens (tertiary/aromatic N) is 3. The Morgan fingerprint density at radius 1 is 1.16 bits per heavy atom. The summed E-state index contributed by atoms with van der Waals surface area (Å²) in [4.78, 5) is 32.1. The molecule has 2 heterocycles. The zero-order chi connectivity index (χ0) is 22.9. The number of hydrogen-bond donors (Lipinski definition) is 0. The molecular weight excluding hydrogens is 450 g/mol. The first kappa shape index (κ1) is 21.6. The van der Waals surface area contributed by atoms with Gasteiger partial charge in [0.25, 0.3) is 5.91 Å². The lowest BCUT2D eigenvalue weighted by atomic mass is 10.1. The maximum atomic E-state index is 14.4. The van der Waals surface area contributed by atoms with E-state index < -0.39 is 17.6 Å². The minimum absolute atomic E-state index is 0.0482. The average Bonchev–Trinajstić information content (AvgIpc) is 3.38. The van der Waals surface area contributed by atoms with Crippen LogP contribution in [0.4, 0.5) is 23.2 Å². The molecule has 4 rings (SSSR count). The van der Waals surface area contributed by atoms with Crippen LogP contribution in [0.15, 0.2) is 47.5 Å². The van der Waals surface area contributed by atoms with E-state index in [0.717, 1.165) is 29.5 Å². The van der Waals surface area contributed by atoms with Crippen molar-refractivity contribution in [3.05, 3.63) is 64.4 Å². The molecule has 1 aliphatic heterocycles. The minimum atomic E-state index is -4.45. The first-order valence-corrected chi connectivity index (χ1v) is 9.95. The first-order chi connectivity index (χ1) is 15.2. The van der Waals surface area contributed by atoms with Gasteiger partial charge in [0.15, 0.2) is 12.1 Å². The second kappa shape index (κ2) is 8.50.